The summed E-state index contributed by atoms with van der Waals surface area (Å²) in [7, 11) is 0. The first-order valence-corrected chi connectivity index (χ1v) is 9.16. The number of rotatable bonds is 2. The molecular formula is C25H20O. The first kappa shape index (κ1) is 15.2. The van der Waals surface area contributed by atoms with Gasteiger partial charge >= 0.3 is 0 Å². The zero-order valence-corrected chi connectivity index (χ0v) is 15.0. The second-order valence-corrected chi connectivity index (χ2v) is 7.18. The van der Waals surface area contributed by atoms with E-state index in [0.29, 0.717) is 5.92 Å². The third kappa shape index (κ3) is 2.17. The van der Waals surface area contributed by atoms with Gasteiger partial charge in [-0.05, 0) is 33.9 Å². The third-order valence-corrected chi connectivity index (χ3v) is 5.27. The summed E-state index contributed by atoms with van der Waals surface area (Å²) >= 11 is 0. The normalized spacial score (nSPS) is 11.8. The van der Waals surface area contributed by atoms with E-state index in [4.69, 9.17) is 4.42 Å². The molecule has 26 heavy (non-hydrogen) atoms. The summed E-state index contributed by atoms with van der Waals surface area (Å²) in [5.41, 5.74) is 5.69. The average Bonchev–Trinajstić information content (AvgIpc) is 3.06. The Morgan fingerprint density at radius 1 is 0.577 bits per heavy atom. The van der Waals surface area contributed by atoms with Crippen molar-refractivity contribution in [1.82, 2.24) is 0 Å². The van der Waals surface area contributed by atoms with Gasteiger partial charge in [-0.3, -0.25) is 0 Å². The minimum atomic E-state index is 0.496. The Morgan fingerprint density at radius 3 is 2.08 bits per heavy atom. The van der Waals surface area contributed by atoms with Gasteiger partial charge in [-0.2, -0.15) is 0 Å². The van der Waals surface area contributed by atoms with Crippen LogP contribution < -0.4 is 0 Å². The lowest BCUT2D eigenvalue weighted by atomic mass is 9.90. The van der Waals surface area contributed by atoms with Gasteiger partial charge in [-0.25, -0.2) is 0 Å². The molecule has 1 nitrogen and oxygen atoms in total. The smallest absolute Gasteiger partial charge is 0.143 e. The monoisotopic (exact) mass is 336 g/mol. The van der Waals surface area contributed by atoms with Crippen molar-refractivity contribution in [2.75, 3.05) is 0 Å². The molecule has 0 radical (unpaired) electrons. The topological polar surface area (TPSA) is 13.1 Å². The van der Waals surface area contributed by atoms with Crippen LogP contribution in [-0.4, -0.2) is 0 Å². The highest BCUT2D eigenvalue weighted by molar-refractivity contribution is 6.12. The molecule has 0 amide bonds. The molecule has 0 aliphatic heterocycles. The third-order valence-electron chi connectivity index (χ3n) is 5.27. The average molecular weight is 336 g/mol. The molecule has 1 aromatic heterocycles. The minimum Gasteiger partial charge on any atom is -0.455 e. The molecule has 5 aromatic rings. The van der Waals surface area contributed by atoms with Gasteiger partial charge < -0.3 is 4.42 Å². The Bertz CT molecular complexity index is 1260. The quantitative estimate of drug-likeness (QED) is 0.325. The lowest BCUT2D eigenvalue weighted by Crippen LogP contribution is -1.91. The summed E-state index contributed by atoms with van der Waals surface area (Å²) in [5.74, 6) is 0.496. The number of hydrogen-bond donors (Lipinski definition) is 0. The van der Waals surface area contributed by atoms with Gasteiger partial charge in [0.1, 0.15) is 11.2 Å². The van der Waals surface area contributed by atoms with Gasteiger partial charge in [-0.1, -0.05) is 86.6 Å². The summed E-state index contributed by atoms with van der Waals surface area (Å²) < 4.78 is 6.26. The van der Waals surface area contributed by atoms with Gasteiger partial charge in [0.25, 0.3) is 0 Å². The number of fused-ring (bicyclic) bond motifs is 4. The van der Waals surface area contributed by atoms with Gasteiger partial charge in [-0.15, -0.1) is 0 Å². The molecule has 0 saturated carbocycles. The van der Waals surface area contributed by atoms with Crippen LogP contribution in [0.5, 0.6) is 0 Å². The lowest BCUT2D eigenvalue weighted by molar-refractivity contribution is 0.670. The summed E-state index contributed by atoms with van der Waals surface area (Å²) in [5, 5.41) is 4.96. The maximum Gasteiger partial charge on any atom is 0.143 e. The molecule has 0 spiro atoms. The fourth-order valence-electron chi connectivity index (χ4n) is 4.02. The first-order chi connectivity index (χ1) is 12.7. The van der Waals surface area contributed by atoms with E-state index in [-0.39, 0.29) is 0 Å². The van der Waals surface area contributed by atoms with Crippen molar-refractivity contribution in [3.63, 3.8) is 0 Å². The Kier molecular flexibility index (Phi) is 3.36. The van der Waals surface area contributed by atoms with E-state index in [1.807, 2.05) is 12.1 Å². The Labute approximate surface area is 152 Å². The van der Waals surface area contributed by atoms with Crippen LogP contribution in [0, 0.1) is 0 Å². The molecule has 0 aliphatic carbocycles. The molecular weight excluding hydrogens is 316 g/mol. The second-order valence-electron chi connectivity index (χ2n) is 7.18. The zero-order chi connectivity index (χ0) is 17.7. The maximum atomic E-state index is 6.26. The summed E-state index contributed by atoms with van der Waals surface area (Å²) in [4.78, 5) is 0. The van der Waals surface area contributed by atoms with E-state index in [2.05, 4.69) is 80.6 Å². The Morgan fingerprint density at radius 2 is 1.27 bits per heavy atom. The number of benzene rings is 4. The van der Waals surface area contributed by atoms with Gasteiger partial charge in [0.2, 0.25) is 0 Å². The van der Waals surface area contributed by atoms with Crippen LogP contribution in [0.4, 0.5) is 0 Å². The molecule has 0 aliphatic rings. The van der Waals surface area contributed by atoms with E-state index in [9.17, 15) is 0 Å². The van der Waals surface area contributed by atoms with E-state index >= 15 is 0 Å². The minimum absolute atomic E-state index is 0.496. The van der Waals surface area contributed by atoms with E-state index in [0.717, 1.165) is 16.7 Å². The van der Waals surface area contributed by atoms with Crippen molar-refractivity contribution in [2.24, 2.45) is 0 Å². The predicted molar refractivity (Wildman–Crippen MR) is 111 cm³/mol. The van der Waals surface area contributed by atoms with Crippen molar-refractivity contribution in [3.05, 3.63) is 84.4 Å². The number of furan rings is 1. The summed E-state index contributed by atoms with van der Waals surface area (Å²) in [6, 6.07) is 27.9. The second kappa shape index (κ2) is 5.74. The zero-order valence-electron chi connectivity index (χ0n) is 15.0. The van der Waals surface area contributed by atoms with Crippen LogP contribution in [0.3, 0.4) is 0 Å². The Balaban J connectivity index is 1.88. The molecule has 1 heteroatoms. The molecule has 0 unspecified atom stereocenters. The van der Waals surface area contributed by atoms with Crippen molar-refractivity contribution >= 4 is 32.7 Å². The predicted octanol–water partition coefficient (Wildman–Crippen LogP) is 7.53. The highest BCUT2D eigenvalue weighted by Gasteiger charge is 2.15. The van der Waals surface area contributed by atoms with Crippen molar-refractivity contribution in [2.45, 2.75) is 19.8 Å². The van der Waals surface area contributed by atoms with Crippen molar-refractivity contribution in [3.8, 4) is 11.1 Å². The maximum absolute atomic E-state index is 6.26. The molecule has 126 valence electrons. The highest BCUT2D eigenvalue weighted by Crippen LogP contribution is 2.39. The highest BCUT2D eigenvalue weighted by atomic mass is 16.3. The van der Waals surface area contributed by atoms with Gasteiger partial charge in [0, 0.05) is 16.3 Å². The molecule has 0 saturated heterocycles. The molecule has 0 bridgehead atoms. The lowest BCUT2D eigenvalue weighted by Gasteiger charge is -2.14. The SMILES string of the molecule is CC(C)c1ccc(-c2cccc3c2oc2ccccc23)c2ccccc12. The number of para-hydroxylation sites is 2. The van der Waals surface area contributed by atoms with Crippen LogP contribution in [0.2, 0.25) is 0 Å². The van der Waals surface area contributed by atoms with Crippen LogP contribution >= 0.6 is 0 Å². The fraction of sp³-hybridized carbons (Fsp3) is 0.120. The largest absolute Gasteiger partial charge is 0.455 e. The van der Waals surface area contributed by atoms with Crippen LogP contribution in [0.25, 0.3) is 43.8 Å². The molecule has 0 atom stereocenters. The van der Waals surface area contributed by atoms with Crippen LogP contribution in [-0.2, 0) is 0 Å². The molecule has 0 N–H and O–H groups in total. The van der Waals surface area contributed by atoms with Gasteiger partial charge in [0.05, 0.1) is 0 Å². The Hall–Kier alpha value is -3.06. The van der Waals surface area contributed by atoms with Crippen LogP contribution in [0.15, 0.2) is 83.3 Å². The first-order valence-electron chi connectivity index (χ1n) is 9.16. The van der Waals surface area contributed by atoms with E-state index in [1.54, 1.807) is 0 Å². The van der Waals surface area contributed by atoms with Crippen molar-refractivity contribution < 1.29 is 4.42 Å². The standard InChI is InChI=1S/C25H20O/c1-16(2)17-14-15-20(19-9-4-3-8-18(17)19)22-11-7-12-23-21-10-5-6-13-24(21)26-25(22)23/h3-16H,1-2H3. The van der Waals surface area contributed by atoms with E-state index in [1.165, 1.54) is 32.7 Å². The summed E-state index contributed by atoms with van der Waals surface area (Å²) in [6.07, 6.45) is 0. The molecule has 4 aromatic carbocycles. The van der Waals surface area contributed by atoms with Crippen LogP contribution in [0.1, 0.15) is 25.3 Å². The van der Waals surface area contributed by atoms with Crippen molar-refractivity contribution in [1.29, 1.82) is 0 Å². The molecule has 0 fully saturated rings. The molecule has 5 rings (SSSR count). The molecule has 1 heterocycles. The summed E-state index contributed by atoms with van der Waals surface area (Å²) in [6.45, 7) is 4.50. The number of hydrogen-bond acceptors (Lipinski definition) is 1. The van der Waals surface area contributed by atoms with E-state index < -0.39 is 0 Å². The fourth-order valence-corrected chi connectivity index (χ4v) is 4.02. The van der Waals surface area contributed by atoms with Gasteiger partial charge in [0.15, 0.2) is 0 Å².